The van der Waals surface area contributed by atoms with Crippen molar-refractivity contribution in [3.63, 3.8) is 0 Å². The number of amides is 1. The fourth-order valence-corrected chi connectivity index (χ4v) is 6.08. The van der Waals surface area contributed by atoms with Gasteiger partial charge in [-0.2, -0.15) is 0 Å². The van der Waals surface area contributed by atoms with Gasteiger partial charge in [0.05, 0.1) is 23.7 Å². The van der Waals surface area contributed by atoms with Gasteiger partial charge in [0.15, 0.2) is 0 Å². The van der Waals surface area contributed by atoms with Gasteiger partial charge < -0.3 is 19.7 Å². The molecule has 0 unspecified atom stereocenters. The molecule has 37 heavy (non-hydrogen) atoms. The molecule has 0 radical (unpaired) electrons. The zero-order valence-electron chi connectivity index (χ0n) is 20.6. The van der Waals surface area contributed by atoms with Crippen molar-refractivity contribution in [1.29, 1.82) is 0 Å². The molecule has 1 aromatic carbocycles. The molecule has 192 valence electrons. The molecule has 3 aliphatic heterocycles. The quantitative estimate of drug-likeness (QED) is 0.539. The van der Waals surface area contributed by atoms with Crippen molar-refractivity contribution in [2.24, 2.45) is 0 Å². The van der Waals surface area contributed by atoms with E-state index < -0.39 is 15.3 Å². The normalized spacial score (nSPS) is 16.6. The lowest BCUT2D eigenvalue weighted by Gasteiger charge is -2.31. The van der Waals surface area contributed by atoms with Crippen LogP contribution in [-0.4, -0.2) is 49.2 Å². The molecule has 3 aromatic rings. The topological polar surface area (TPSA) is 114 Å². The van der Waals surface area contributed by atoms with Crippen LogP contribution in [0.1, 0.15) is 32.3 Å². The van der Waals surface area contributed by atoms with Gasteiger partial charge in [0.25, 0.3) is 0 Å². The standard InChI is InChI=1S/C26H27N5O5S/c1-16(2)37(33,34)31-8-9-35-26-22(31)11-18(13-28-26)29-24-10-17-15-36-23-12-19(30-7-3-4-25(30)32)5-6-20(23)21(17)14-27-24/h5-6,10-14,16H,3-4,7-9,15H2,1-2H3,(H,27,29). The van der Waals surface area contributed by atoms with Crippen LogP contribution < -0.4 is 24.0 Å². The van der Waals surface area contributed by atoms with Crippen LogP contribution in [0.3, 0.4) is 0 Å². The van der Waals surface area contributed by atoms with Gasteiger partial charge in [-0.1, -0.05) is 0 Å². The lowest BCUT2D eigenvalue weighted by atomic mass is 9.98. The largest absolute Gasteiger partial charge is 0.488 e. The molecule has 11 heteroatoms. The maximum atomic E-state index is 12.9. The zero-order chi connectivity index (χ0) is 25.7. The molecule has 3 aliphatic rings. The molecule has 0 aliphatic carbocycles. The average Bonchev–Trinajstić information content (AvgIpc) is 3.33. The maximum absolute atomic E-state index is 12.9. The first-order valence-corrected chi connectivity index (χ1v) is 13.8. The lowest BCUT2D eigenvalue weighted by molar-refractivity contribution is -0.117. The number of aromatic nitrogens is 2. The molecular formula is C26H27N5O5S. The minimum Gasteiger partial charge on any atom is -0.488 e. The monoisotopic (exact) mass is 521 g/mol. The van der Waals surface area contributed by atoms with Gasteiger partial charge in [-0.05, 0) is 44.5 Å². The molecule has 0 atom stereocenters. The summed E-state index contributed by atoms with van der Waals surface area (Å²) in [4.78, 5) is 22.8. The fourth-order valence-electron chi connectivity index (χ4n) is 4.84. The molecule has 5 heterocycles. The number of hydrogen-bond acceptors (Lipinski definition) is 8. The Labute approximate surface area is 215 Å². The van der Waals surface area contributed by atoms with Crippen molar-refractivity contribution < 1.29 is 22.7 Å². The third-order valence-electron chi connectivity index (χ3n) is 6.82. The Kier molecular flexibility index (Phi) is 5.67. The van der Waals surface area contributed by atoms with Crippen LogP contribution in [0.4, 0.5) is 22.9 Å². The van der Waals surface area contributed by atoms with Gasteiger partial charge in [0.2, 0.25) is 21.8 Å². The van der Waals surface area contributed by atoms with Crippen molar-refractivity contribution in [2.45, 2.75) is 38.5 Å². The number of benzene rings is 1. The number of pyridine rings is 2. The molecule has 1 fully saturated rings. The highest BCUT2D eigenvalue weighted by Gasteiger charge is 2.32. The number of anilines is 4. The first-order chi connectivity index (χ1) is 17.8. The minimum absolute atomic E-state index is 0.140. The number of fused-ring (bicyclic) bond motifs is 4. The number of carbonyl (C=O) groups is 1. The molecule has 2 aromatic heterocycles. The van der Waals surface area contributed by atoms with E-state index in [0.29, 0.717) is 36.1 Å². The Morgan fingerprint density at radius 3 is 2.68 bits per heavy atom. The highest BCUT2D eigenvalue weighted by Crippen LogP contribution is 2.41. The van der Waals surface area contributed by atoms with E-state index in [4.69, 9.17) is 9.47 Å². The highest BCUT2D eigenvalue weighted by molar-refractivity contribution is 7.93. The summed E-state index contributed by atoms with van der Waals surface area (Å²) >= 11 is 0. The van der Waals surface area contributed by atoms with Gasteiger partial charge in [-0.3, -0.25) is 9.10 Å². The summed E-state index contributed by atoms with van der Waals surface area (Å²) in [5.41, 5.74) is 4.72. The van der Waals surface area contributed by atoms with Gasteiger partial charge in [0.1, 0.15) is 30.5 Å². The molecule has 1 saturated heterocycles. The second-order valence-electron chi connectivity index (χ2n) is 9.53. The first-order valence-electron chi connectivity index (χ1n) is 12.3. The van der Waals surface area contributed by atoms with Crippen molar-refractivity contribution in [2.75, 3.05) is 34.2 Å². The Balaban J connectivity index is 1.26. The van der Waals surface area contributed by atoms with Crippen molar-refractivity contribution >= 4 is 38.8 Å². The number of nitrogens with zero attached hydrogens (tertiary/aromatic N) is 4. The molecule has 0 spiro atoms. The van der Waals surface area contributed by atoms with Crippen LogP contribution in [0.2, 0.25) is 0 Å². The van der Waals surface area contributed by atoms with E-state index in [1.165, 1.54) is 4.31 Å². The van der Waals surface area contributed by atoms with E-state index in [9.17, 15) is 13.2 Å². The fraction of sp³-hybridized carbons (Fsp3) is 0.346. The van der Waals surface area contributed by atoms with Crippen LogP contribution in [0, 0.1) is 0 Å². The second-order valence-corrected chi connectivity index (χ2v) is 11.9. The molecule has 6 rings (SSSR count). The molecule has 10 nitrogen and oxygen atoms in total. The third kappa shape index (κ3) is 4.12. The Morgan fingerprint density at radius 2 is 1.89 bits per heavy atom. The van der Waals surface area contributed by atoms with Gasteiger partial charge in [-0.25, -0.2) is 18.4 Å². The van der Waals surface area contributed by atoms with Crippen LogP contribution in [-0.2, 0) is 21.4 Å². The second kappa shape index (κ2) is 8.91. The SMILES string of the molecule is CC(C)S(=O)(=O)N1CCOc2ncc(Nc3cc4c(cn3)-c3ccc(N5CCCC5=O)cc3OC4)cc21. The van der Waals surface area contributed by atoms with Crippen molar-refractivity contribution in [3.05, 3.63) is 48.3 Å². The summed E-state index contributed by atoms with van der Waals surface area (Å²) in [7, 11) is -3.52. The number of hydrogen-bond donors (Lipinski definition) is 1. The van der Waals surface area contributed by atoms with Crippen molar-refractivity contribution in [1.82, 2.24) is 9.97 Å². The minimum atomic E-state index is -3.52. The summed E-state index contributed by atoms with van der Waals surface area (Å²) in [6.07, 6.45) is 4.85. The Morgan fingerprint density at radius 1 is 1.03 bits per heavy atom. The van der Waals surface area contributed by atoms with E-state index in [1.807, 2.05) is 24.3 Å². The Hall–Kier alpha value is -3.86. The number of nitrogens with one attached hydrogen (secondary N) is 1. The number of rotatable bonds is 5. The van der Waals surface area contributed by atoms with E-state index in [1.54, 1.807) is 37.2 Å². The molecule has 0 bridgehead atoms. The number of carbonyl (C=O) groups excluding carboxylic acids is 1. The van der Waals surface area contributed by atoms with Crippen LogP contribution in [0.25, 0.3) is 11.1 Å². The van der Waals surface area contributed by atoms with Crippen LogP contribution >= 0.6 is 0 Å². The van der Waals surface area contributed by atoms with Gasteiger partial charge in [-0.15, -0.1) is 0 Å². The predicted octanol–water partition coefficient (Wildman–Crippen LogP) is 3.84. The summed E-state index contributed by atoms with van der Waals surface area (Å²) < 4.78 is 38.7. The maximum Gasteiger partial charge on any atom is 0.238 e. The Bertz CT molecular complexity index is 1510. The summed E-state index contributed by atoms with van der Waals surface area (Å²) in [5, 5.41) is 2.67. The third-order valence-corrected chi connectivity index (χ3v) is 9.01. The van der Waals surface area contributed by atoms with Crippen LogP contribution in [0.15, 0.2) is 42.7 Å². The molecular weight excluding hydrogens is 494 g/mol. The summed E-state index contributed by atoms with van der Waals surface area (Å²) in [6, 6.07) is 9.47. The summed E-state index contributed by atoms with van der Waals surface area (Å²) in [5.74, 6) is 1.75. The van der Waals surface area contributed by atoms with E-state index in [2.05, 4.69) is 15.3 Å². The van der Waals surface area contributed by atoms with Gasteiger partial charge >= 0.3 is 0 Å². The van der Waals surface area contributed by atoms with E-state index in [0.717, 1.165) is 41.1 Å². The highest BCUT2D eigenvalue weighted by atomic mass is 32.2. The smallest absolute Gasteiger partial charge is 0.238 e. The predicted molar refractivity (Wildman–Crippen MR) is 140 cm³/mol. The molecule has 0 saturated carbocycles. The van der Waals surface area contributed by atoms with Gasteiger partial charge in [0, 0.05) is 47.6 Å². The molecule has 1 amide bonds. The lowest BCUT2D eigenvalue weighted by Crippen LogP contribution is -2.41. The first kappa shape index (κ1) is 23.5. The number of sulfonamides is 1. The van der Waals surface area contributed by atoms with E-state index >= 15 is 0 Å². The van der Waals surface area contributed by atoms with Crippen LogP contribution in [0.5, 0.6) is 11.6 Å². The van der Waals surface area contributed by atoms with Crippen molar-refractivity contribution in [3.8, 4) is 22.8 Å². The van der Waals surface area contributed by atoms with E-state index in [-0.39, 0.29) is 19.1 Å². The zero-order valence-corrected chi connectivity index (χ0v) is 21.4. The average molecular weight is 522 g/mol. The summed E-state index contributed by atoms with van der Waals surface area (Å²) in [6.45, 7) is 4.90. The number of ether oxygens (including phenoxy) is 2. The molecule has 1 N–H and O–H groups in total.